The van der Waals surface area contributed by atoms with Crippen LogP contribution in [0.25, 0.3) is 0 Å². The molecule has 6 heteroatoms. The predicted molar refractivity (Wildman–Crippen MR) is 48.8 cm³/mol. The maximum Gasteiger partial charge on any atom is 0.160 e. The maximum absolute atomic E-state index is 10.9. The van der Waals surface area contributed by atoms with Crippen LogP contribution >= 0.6 is 0 Å². The van der Waals surface area contributed by atoms with Gasteiger partial charge in [-0.15, -0.1) is 0 Å². The highest BCUT2D eigenvalue weighted by Crippen LogP contribution is 2.27. The number of carbonyl (C=O) groups is 1. The molecule has 1 saturated heterocycles. The summed E-state index contributed by atoms with van der Waals surface area (Å²) in [7, 11) is 0. The highest BCUT2D eigenvalue weighted by Gasteiger charge is 2.43. The summed E-state index contributed by atoms with van der Waals surface area (Å²) in [5, 5.41) is 37.3. The Labute approximate surface area is 87.1 Å². The van der Waals surface area contributed by atoms with Crippen molar-refractivity contribution in [3.05, 3.63) is 0 Å². The van der Waals surface area contributed by atoms with Gasteiger partial charge in [-0.25, -0.2) is 0 Å². The molecular weight excluding hydrogens is 204 g/mol. The molecule has 0 aromatic carbocycles. The average molecular weight is 220 g/mol. The van der Waals surface area contributed by atoms with Crippen LogP contribution < -0.4 is 0 Å². The van der Waals surface area contributed by atoms with Gasteiger partial charge in [0.2, 0.25) is 0 Å². The summed E-state index contributed by atoms with van der Waals surface area (Å²) < 4.78 is 4.87. The van der Waals surface area contributed by atoms with Crippen LogP contribution in [-0.2, 0) is 9.53 Å². The molecule has 6 nitrogen and oxygen atoms in total. The second-order valence-corrected chi connectivity index (χ2v) is 3.80. The van der Waals surface area contributed by atoms with Crippen molar-refractivity contribution in [1.82, 2.24) is 0 Å². The van der Waals surface area contributed by atoms with Gasteiger partial charge < -0.3 is 30.0 Å². The lowest BCUT2D eigenvalue weighted by molar-refractivity contribution is -0.269. The van der Waals surface area contributed by atoms with Crippen LogP contribution in [0.5, 0.6) is 0 Å². The molecular formula is C9H16O6. The van der Waals surface area contributed by atoms with Crippen LogP contribution in [0.2, 0.25) is 0 Å². The van der Waals surface area contributed by atoms with E-state index in [4.69, 9.17) is 9.84 Å². The summed E-state index contributed by atoms with van der Waals surface area (Å²) in [5.74, 6) is -1.06. The van der Waals surface area contributed by atoms with Crippen molar-refractivity contribution < 1.29 is 30.0 Å². The molecule has 0 unspecified atom stereocenters. The van der Waals surface area contributed by atoms with Gasteiger partial charge in [0.1, 0.15) is 18.0 Å². The van der Waals surface area contributed by atoms with Gasteiger partial charge in [0.25, 0.3) is 0 Å². The Bertz CT molecular complexity index is 231. The minimum Gasteiger partial charge on any atom is -0.394 e. The quantitative estimate of drug-likeness (QED) is 0.439. The maximum atomic E-state index is 10.9. The van der Waals surface area contributed by atoms with Crippen LogP contribution in [0.3, 0.4) is 0 Å². The molecule has 4 N–H and O–H groups in total. The summed E-state index contributed by atoms with van der Waals surface area (Å²) in [4.78, 5) is 10.9. The van der Waals surface area contributed by atoms with Crippen molar-refractivity contribution in [3.8, 4) is 0 Å². The van der Waals surface area contributed by atoms with Crippen LogP contribution in [0.15, 0.2) is 0 Å². The molecule has 0 spiro atoms. The Morgan fingerprint density at radius 2 is 1.87 bits per heavy atom. The average Bonchev–Trinajstić information content (AvgIpc) is 2.18. The van der Waals surface area contributed by atoms with Crippen molar-refractivity contribution in [2.45, 2.75) is 37.9 Å². The second kappa shape index (κ2) is 5.00. The Morgan fingerprint density at radius 1 is 1.27 bits per heavy atom. The smallest absolute Gasteiger partial charge is 0.160 e. The second-order valence-electron chi connectivity index (χ2n) is 3.80. The third kappa shape index (κ3) is 2.73. The predicted octanol–water partition coefficient (Wildman–Crippen LogP) is -1.99. The van der Waals surface area contributed by atoms with E-state index in [0.717, 1.165) is 0 Å². The van der Waals surface area contributed by atoms with Crippen LogP contribution in [0.4, 0.5) is 0 Å². The number of ketones is 1. The van der Waals surface area contributed by atoms with E-state index in [1.165, 1.54) is 6.92 Å². The minimum absolute atomic E-state index is 0.0719. The summed E-state index contributed by atoms with van der Waals surface area (Å²) in [6, 6.07) is 0. The number of aliphatic hydroxyl groups is 4. The van der Waals surface area contributed by atoms with E-state index in [-0.39, 0.29) is 12.2 Å². The van der Waals surface area contributed by atoms with Crippen molar-refractivity contribution in [2.75, 3.05) is 6.61 Å². The molecule has 0 amide bonds. The Morgan fingerprint density at radius 3 is 2.33 bits per heavy atom. The molecule has 5 atom stereocenters. The van der Waals surface area contributed by atoms with E-state index >= 15 is 0 Å². The normalized spacial score (nSPS) is 41.5. The standard InChI is InChI=1S/C9H16O6/c1-4(11)2-5-7(12)8(13)6(3-10)15-9(5)14/h5-10,12-14H,2-3H2,1H3/t5-,6+,7-,8-,9-/m0/s1. The van der Waals surface area contributed by atoms with Crippen LogP contribution in [0, 0.1) is 5.92 Å². The van der Waals surface area contributed by atoms with E-state index in [1.54, 1.807) is 0 Å². The molecule has 0 aromatic heterocycles. The molecule has 1 fully saturated rings. The molecule has 15 heavy (non-hydrogen) atoms. The van der Waals surface area contributed by atoms with Gasteiger partial charge in [-0.2, -0.15) is 0 Å². The van der Waals surface area contributed by atoms with Gasteiger partial charge in [-0.1, -0.05) is 0 Å². The first-order valence-corrected chi connectivity index (χ1v) is 4.77. The van der Waals surface area contributed by atoms with Crippen molar-refractivity contribution in [2.24, 2.45) is 5.92 Å². The molecule has 0 bridgehead atoms. The number of rotatable bonds is 3. The SMILES string of the molecule is CC(=O)C[C@H]1[C@H](O)[C@@H](O)[C@@H](CO)O[C@@H]1O. The van der Waals surface area contributed by atoms with Gasteiger partial charge in [0.05, 0.1) is 12.7 Å². The van der Waals surface area contributed by atoms with E-state index in [0.29, 0.717) is 0 Å². The van der Waals surface area contributed by atoms with Gasteiger partial charge in [-0.05, 0) is 6.92 Å². The number of aliphatic hydroxyl groups excluding tert-OH is 4. The van der Waals surface area contributed by atoms with Gasteiger partial charge >= 0.3 is 0 Å². The largest absolute Gasteiger partial charge is 0.394 e. The number of ether oxygens (including phenoxy) is 1. The fraction of sp³-hybridized carbons (Fsp3) is 0.889. The monoisotopic (exact) mass is 220 g/mol. The summed E-state index contributed by atoms with van der Waals surface area (Å²) >= 11 is 0. The Kier molecular flexibility index (Phi) is 4.18. The van der Waals surface area contributed by atoms with Crippen LogP contribution in [0.1, 0.15) is 13.3 Å². The third-order valence-corrected chi connectivity index (χ3v) is 2.55. The Balaban J connectivity index is 2.70. The summed E-state index contributed by atoms with van der Waals surface area (Å²) in [6.45, 7) is 0.825. The summed E-state index contributed by atoms with van der Waals surface area (Å²) in [5.41, 5.74) is 0. The third-order valence-electron chi connectivity index (χ3n) is 2.55. The molecule has 1 aliphatic heterocycles. The topological polar surface area (TPSA) is 107 Å². The number of hydrogen-bond donors (Lipinski definition) is 4. The molecule has 0 aromatic rings. The number of Topliss-reactive ketones (excluding diaryl/α,β-unsaturated/α-hetero) is 1. The first kappa shape index (κ1) is 12.5. The highest BCUT2D eigenvalue weighted by molar-refractivity contribution is 5.75. The molecule has 0 aliphatic carbocycles. The zero-order chi connectivity index (χ0) is 11.6. The lowest BCUT2D eigenvalue weighted by Gasteiger charge is -2.39. The van der Waals surface area contributed by atoms with E-state index in [1.807, 2.05) is 0 Å². The van der Waals surface area contributed by atoms with E-state index in [2.05, 4.69) is 0 Å². The Hall–Kier alpha value is -0.530. The number of carbonyl (C=O) groups excluding carboxylic acids is 1. The lowest BCUT2D eigenvalue weighted by Crippen LogP contribution is -2.55. The molecule has 88 valence electrons. The zero-order valence-corrected chi connectivity index (χ0v) is 8.41. The lowest BCUT2D eigenvalue weighted by atomic mass is 9.87. The zero-order valence-electron chi connectivity index (χ0n) is 8.41. The molecule has 1 rings (SSSR count). The fourth-order valence-corrected chi connectivity index (χ4v) is 1.71. The minimum atomic E-state index is -1.34. The van der Waals surface area contributed by atoms with Crippen LogP contribution in [-0.4, -0.2) is 57.4 Å². The van der Waals surface area contributed by atoms with Gasteiger partial charge in [0.15, 0.2) is 6.29 Å². The first-order valence-electron chi connectivity index (χ1n) is 4.77. The van der Waals surface area contributed by atoms with E-state index < -0.39 is 37.1 Å². The first-order chi connectivity index (χ1) is 6.97. The van der Waals surface area contributed by atoms with Crippen molar-refractivity contribution in [3.63, 3.8) is 0 Å². The molecule has 1 aliphatic rings. The van der Waals surface area contributed by atoms with E-state index in [9.17, 15) is 20.1 Å². The number of hydrogen-bond acceptors (Lipinski definition) is 6. The summed E-state index contributed by atoms with van der Waals surface area (Å²) in [6.07, 6.45) is -4.99. The molecule has 1 heterocycles. The fourth-order valence-electron chi connectivity index (χ4n) is 1.71. The highest BCUT2D eigenvalue weighted by atomic mass is 16.6. The van der Waals surface area contributed by atoms with Crippen molar-refractivity contribution >= 4 is 5.78 Å². The van der Waals surface area contributed by atoms with Crippen molar-refractivity contribution in [1.29, 1.82) is 0 Å². The molecule has 0 saturated carbocycles. The van der Waals surface area contributed by atoms with Gasteiger partial charge in [0, 0.05) is 12.3 Å². The van der Waals surface area contributed by atoms with Gasteiger partial charge in [-0.3, -0.25) is 0 Å². The molecule has 0 radical (unpaired) electrons.